The summed E-state index contributed by atoms with van der Waals surface area (Å²) in [7, 11) is 0. The van der Waals surface area contributed by atoms with Crippen molar-refractivity contribution in [3.63, 3.8) is 0 Å². The molecule has 6 rings (SSSR count). The standard InChI is InChI=1S/C35H39N5O2/c1-25(36)37-28-19-21-29(22-20-28)40-33-18-9-8-17-32(33)34(27-12-4-2-5-13-27)38-39(35(40)41)24-26-11-10-16-31(23-26)42-30-14-6-3-7-15-30/h3,6-11,14-21,23,25,27,29,37H,2,4-5,12-13,22,24,36H2,1H3. The van der Waals surface area contributed by atoms with Gasteiger partial charge in [-0.05, 0) is 68.2 Å². The summed E-state index contributed by atoms with van der Waals surface area (Å²) >= 11 is 0. The van der Waals surface area contributed by atoms with E-state index < -0.39 is 0 Å². The number of carbonyl (C=O) groups is 1. The Morgan fingerprint density at radius 1 is 0.976 bits per heavy atom. The van der Waals surface area contributed by atoms with E-state index in [-0.39, 0.29) is 18.2 Å². The van der Waals surface area contributed by atoms with E-state index in [9.17, 15) is 4.79 Å². The molecule has 2 unspecified atom stereocenters. The molecule has 2 atom stereocenters. The summed E-state index contributed by atoms with van der Waals surface area (Å²) in [4.78, 5) is 16.4. The van der Waals surface area contributed by atoms with E-state index in [4.69, 9.17) is 15.6 Å². The van der Waals surface area contributed by atoms with Gasteiger partial charge in [0.05, 0.1) is 30.2 Å². The second-order valence-corrected chi connectivity index (χ2v) is 11.4. The number of hydrogen-bond acceptors (Lipinski definition) is 5. The lowest BCUT2D eigenvalue weighted by Crippen LogP contribution is -2.46. The molecule has 0 saturated heterocycles. The smallest absolute Gasteiger partial charge is 0.345 e. The highest BCUT2D eigenvalue weighted by molar-refractivity contribution is 6.11. The predicted molar refractivity (Wildman–Crippen MR) is 168 cm³/mol. The van der Waals surface area contributed by atoms with Gasteiger partial charge >= 0.3 is 6.03 Å². The zero-order valence-corrected chi connectivity index (χ0v) is 24.2. The van der Waals surface area contributed by atoms with Crippen molar-refractivity contribution in [1.29, 1.82) is 0 Å². The highest BCUT2D eigenvalue weighted by Gasteiger charge is 2.36. The van der Waals surface area contributed by atoms with Crippen LogP contribution < -0.4 is 20.7 Å². The fourth-order valence-electron chi connectivity index (χ4n) is 6.13. The summed E-state index contributed by atoms with van der Waals surface area (Å²) in [5.74, 6) is 1.83. The fraction of sp³-hybridized carbons (Fsp3) is 0.314. The van der Waals surface area contributed by atoms with Crippen molar-refractivity contribution in [2.75, 3.05) is 4.90 Å². The van der Waals surface area contributed by atoms with Crippen molar-refractivity contribution in [1.82, 2.24) is 10.3 Å². The van der Waals surface area contributed by atoms with Crippen molar-refractivity contribution >= 4 is 17.4 Å². The third-order valence-corrected chi connectivity index (χ3v) is 8.10. The van der Waals surface area contributed by atoms with Crippen molar-refractivity contribution in [2.45, 2.75) is 64.2 Å². The summed E-state index contributed by atoms with van der Waals surface area (Å²) in [6, 6.07) is 25.7. The Labute approximate surface area is 248 Å². The van der Waals surface area contributed by atoms with Crippen molar-refractivity contribution in [3.05, 3.63) is 114 Å². The Morgan fingerprint density at radius 2 is 1.74 bits per heavy atom. The second-order valence-electron chi connectivity index (χ2n) is 11.4. The van der Waals surface area contributed by atoms with Gasteiger partial charge in [0.25, 0.3) is 0 Å². The third kappa shape index (κ3) is 6.26. The van der Waals surface area contributed by atoms with Crippen LogP contribution in [0.2, 0.25) is 0 Å². The molecular weight excluding hydrogens is 522 g/mol. The first-order valence-corrected chi connectivity index (χ1v) is 15.1. The molecule has 7 heteroatoms. The van der Waals surface area contributed by atoms with Crippen LogP contribution in [0.3, 0.4) is 0 Å². The molecule has 1 fully saturated rings. The predicted octanol–water partition coefficient (Wildman–Crippen LogP) is 7.31. The second kappa shape index (κ2) is 12.7. The average molecular weight is 562 g/mol. The number of nitrogens with two attached hydrogens (primary N) is 1. The van der Waals surface area contributed by atoms with Gasteiger partial charge in [-0.1, -0.05) is 79.9 Å². The Balaban J connectivity index is 1.35. The highest BCUT2D eigenvalue weighted by atomic mass is 16.5. The molecule has 0 radical (unpaired) electrons. The van der Waals surface area contributed by atoms with Crippen LogP contribution in [0, 0.1) is 5.92 Å². The molecule has 3 N–H and O–H groups in total. The summed E-state index contributed by atoms with van der Waals surface area (Å²) in [6.45, 7) is 2.26. The lowest BCUT2D eigenvalue weighted by atomic mass is 9.82. The van der Waals surface area contributed by atoms with Crippen LogP contribution in [0.15, 0.2) is 108 Å². The third-order valence-electron chi connectivity index (χ3n) is 8.10. The van der Waals surface area contributed by atoms with Crippen molar-refractivity contribution in [3.8, 4) is 11.5 Å². The summed E-state index contributed by atoms with van der Waals surface area (Å²) in [5.41, 5.74) is 10.9. The first kappa shape index (κ1) is 27.8. The van der Waals surface area contributed by atoms with E-state index in [1.807, 2.05) is 78.6 Å². The maximum atomic E-state index is 14.5. The van der Waals surface area contributed by atoms with Crippen LogP contribution in [0.25, 0.3) is 0 Å². The van der Waals surface area contributed by atoms with Gasteiger partial charge in [0.15, 0.2) is 0 Å². The van der Waals surface area contributed by atoms with E-state index in [0.29, 0.717) is 18.9 Å². The minimum Gasteiger partial charge on any atom is -0.457 e. The van der Waals surface area contributed by atoms with E-state index in [2.05, 4.69) is 35.7 Å². The topological polar surface area (TPSA) is 83.2 Å². The summed E-state index contributed by atoms with van der Waals surface area (Å²) in [6.07, 6.45) is 12.6. The van der Waals surface area contributed by atoms with E-state index in [0.717, 1.165) is 52.6 Å². The van der Waals surface area contributed by atoms with Crippen LogP contribution in [-0.2, 0) is 6.54 Å². The molecule has 1 saturated carbocycles. The molecule has 0 spiro atoms. The van der Waals surface area contributed by atoms with Crippen LogP contribution in [0.5, 0.6) is 11.5 Å². The molecule has 216 valence electrons. The molecular formula is C35H39N5O2. The minimum absolute atomic E-state index is 0.130. The van der Waals surface area contributed by atoms with Crippen LogP contribution in [0.1, 0.15) is 56.6 Å². The molecule has 1 aliphatic heterocycles. The number of ether oxygens (including phenoxy) is 1. The van der Waals surface area contributed by atoms with Gasteiger partial charge in [0, 0.05) is 17.2 Å². The van der Waals surface area contributed by atoms with Crippen LogP contribution in [-0.4, -0.2) is 29.0 Å². The number of fused-ring (bicyclic) bond motifs is 1. The molecule has 3 aromatic carbocycles. The Morgan fingerprint density at radius 3 is 2.50 bits per heavy atom. The molecule has 1 heterocycles. The highest BCUT2D eigenvalue weighted by Crippen LogP contribution is 2.36. The number of carbonyl (C=O) groups excluding carboxylic acids is 1. The Kier molecular flexibility index (Phi) is 8.38. The maximum Gasteiger partial charge on any atom is 0.345 e. The molecule has 0 aromatic heterocycles. The first-order chi connectivity index (χ1) is 20.5. The fourth-order valence-corrected chi connectivity index (χ4v) is 6.13. The van der Waals surface area contributed by atoms with Gasteiger partial charge in [-0.2, -0.15) is 5.10 Å². The van der Waals surface area contributed by atoms with Gasteiger partial charge in [0.2, 0.25) is 0 Å². The van der Waals surface area contributed by atoms with Gasteiger partial charge in [-0.25, -0.2) is 9.80 Å². The zero-order chi connectivity index (χ0) is 28.9. The Bertz CT molecular complexity index is 1490. The number of nitrogens with zero attached hydrogens (tertiary/aromatic N) is 3. The SMILES string of the molecule is CC(N)NC1=CCC(N2C(=O)N(Cc3cccc(Oc4ccccc4)c3)N=C(C3CCCCC3)c3ccccc32)C=C1. The monoisotopic (exact) mass is 561 g/mol. The molecule has 7 nitrogen and oxygen atoms in total. The quantitative estimate of drug-likeness (QED) is 0.283. The van der Waals surface area contributed by atoms with E-state index >= 15 is 0 Å². The molecule has 2 amide bonds. The normalized spacial score (nSPS) is 19.9. The zero-order valence-electron chi connectivity index (χ0n) is 24.2. The lowest BCUT2D eigenvalue weighted by Gasteiger charge is -2.33. The van der Waals surface area contributed by atoms with Gasteiger partial charge in [-0.15, -0.1) is 0 Å². The number of nitrogens with one attached hydrogen (secondary N) is 1. The number of para-hydroxylation sites is 2. The number of anilines is 1. The molecule has 0 bridgehead atoms. The summed E-state index contributed by atoms with van der Waals surface area (Å²) < 4.78 is 6.10. The molecule has 3 aliphatic rings. The van der Waals surface area contributed by atoms with E-state index in [1.165, 1.54) is 19.3 Å². The first-order valence-electron chi connectivity index (χ1n) is 15.1. The van der Waals surface area contributed by atoms with Gasteiger partial charge in [-0.3, -0.25) is 4.90 Å². The van der Waals surface area contributed by atoms with Gasteiger partial charge < -0.3 is 15.8 Å². The molecule has 42 heavy (non-hydrogen) atoms. The molecule has 2 aliphatic carbocycles. The van der Waals surface area contributed by atoms with Gasteiger partial charge in [0.1, 0.15) is 11.5 Å². The number of hydrogen-bond donors (Lipinski definition) is 2. The van der Waals surface area contributed by atoms with Crippen molar-refractivity contribution < 1.29 is 9.53 Å². The number of urea groups is 1. The lowest BCUT2D eigenvalue weighted by molar-refractivity contribution is 0.203. The number of allylic oxidation sites excluding steroid dienone is 1. The minimum atomic E-state index is -0.151. The van der Waals surface area contributed by atoms with Crippen LogP contribution in [0.4, 0.5) is 10.5 Å². The molecule has 3 aromatic rings. The average Bonchev–Trinajstić information content (AvgIpc) is 3.13. The number of rotatable bonds is 8. The largest absolute Gasteiger partial charge is 0.457 e. The summed E-state index contributed by atoms with van der Waals surface area (Å²) in [5, 5.41) is 10.1. The number of hydrazone groups is 1. The van der Waals surface area contributed by atoms with Crippen molar-refractivity contribution in [2.24, 2.45) is 16.8 Å². The van der Waals surface area contributed by atoms with E-state index in [1.54, 1.807) is 5.01 Å². The number of benzene rings is 3. The maximum absolute atomic E-state index is 14.5. The van der Waals surface area contributed by atoms with Crippen LogP contribution >= 0.6 is 0 Å². The Hall–Kier alpha value is -4.36. The number of amides is 2.